The number of nitrogens with one attached hydrogen (secondary N) is 1. The SMILES string of the molecule is CC(C)c1ccccc1NC(=O)CCCN1C(=O)c2ccccc2S1(=O)=O. The number of nitrogens with zero attached hydrogens (tertiary/aromatic N) is 1. The minimum Gasteiger partial charge on any atom is -0.326 e. The van der Waals surface area contributed by atoms with Crippen LogP contribution in [0.1, 0.15) is 48.5 Å². The van der Waals surface area contributed by atoms with Gasteiger partial charge in [-0.05, 0) is 36.1 Å². The lowest BCUT2D eigenvalue weighted by Gasteiger charge is -2.16. The molecule has 1 aliphatic heterocycles. The summed E-state index contributed by atoms with van der Waals surface area (Å²) in [7, 11) is -3.82. The zero-order chi connectivity index (χ0) is 19.6. The average Bonchev–Trinajstić information content (AvgIpc) is 2.83. The Morgan fingerprint density at radius 2 is 1.74 bits per heavy atom. The standard InChI is InChI=1S/C20H22N2O4S/c1-14(2)15-8-3-5-10-17(15)21-19(23)12-7-13-22-20(24)16-9-4-6-11-18(16)27(22,25)26/h3-6,8-11,14H,7,12-13H2,1-2H3,(H,21,23). The van der Waals surface area contributed by atoms with Gasteiger partial charge in [-0.1, -0.05) is 44.2 Å². The number of carbonyl (C=O) groups is 2. The largest absolute Gasteiger partial charge is 0.326 e. The molecular weight excluding hydrogens is 364 g/mol. The number of amides is 2. The highest BCUT2D eigenvalue weighted by Crippen LogP contribution is 2.30. The third kappa shape index (κ3) is 3.73. The van der Waals surface area contributed by atoms with Crippen molar-refractivity contribution in [3.63, 3.8) is 0 Å². The Kier molecular flexibility index (Phi) is 5.32. The maximum Gasteiger partial charge on any atom is 0.269 e. The molecule has 0 saturated heterocycles. The number of rotatable bonds is 6. The predicted molar refractivity (Wildman–Crippen MR) is 103 cm³/mol. The third-order valence-corrected chi connectivity index (χ3v) is 6.37. The summed E-state index contributed by atoms with van der Waals surface area (Å²) in [4.78, 5) is 24.6. The lowest BCUT2D eigenvalue weighted by Crippen LogP contribution is -2.31. The topological polar surface area (TPSA) is 83.6 Å². The summed E-state index contributed by atoms with van der Waals surface area (Å²) < 4.78 is 25.8. The lowest BCUT2D eigenvalue weighted by atomic mass is 10.0. The van der Waals surface area contributed by atoms with E-state index in [1.165, 1.54) is 12.1 Å². The molecule has 0 saturated carbocycles. The van der Waals surface area contributed by atoms with Crippen molar-refractivity contribution in [3.05, 3.63) is 59.7 Å². The summed E-state index contributed by atoms with van der Waals surface area (Å²) in [6, 6.07) is 13.7. The molecule has 0 radical (unpaired) electrons. The summed E-state index contributed by atoms with van der Waals surface area (Å²) in [6.07, 6.45) is 0.386. The molecule has 2 aromatic rings. The van der Waals surface area contributed by atoms with Crippen LogP contribution in [0, 0.1) is 0 Å². The molecule has 6 nitrogen and oxygen atoms in total. The summed E-state index contributed by atoms with van der Waals surface area (Å²) in [6.45, 7) is 4.08. The maximum absolute atomic E-state index is 12.5. The van der Waals surface area contributed by atoms with Crippen LogP contribution in [-0.4, -0.2) is 31.1 Å². The van der Waals surface area contributed by atoms with Gasteiger partial charge in [0.15, 0.2) is 0 Å². The molecule has 0 unspecified atom stereocenters. The third-order valence-electron chi connectivity index (χ3n) is 4.53. The number of hydrogen-bond acceptors (Lipinski definition) is 4. The van der Waals surface area contributed by atoms with E-state index in [1.54, 1.807) is 12.1 Å². The minimum atomic E-state index is -3.82. The van der Waals surface area contributed by atoms with Gasteiger partial charge in [0.1, 0.15) is 4.90 Å². The number of hydrogen-bond donors (Lipinski definition) is 1. The summed E-state index contributed by atoms with van der Waals surface area (Å²) in [5.74, 6) is -0.465. The molecule has 0 spiro atoms. The molecule has 1 aliphatic rings. The van der Waals surface area contributed by atoms with E-state index < -0.39 is 15.9 Å². The van der Waals surface area contributed by atoms with Crippen molar-refractivity contribution >= 4 is 27.5 Å². The van der Waals surface area contributed by atoms with E-state index in [0.29, 0.717) is 0 Å². The maximum atomic E-state index is 12.5. The second-order valence-electron chi connectivity index (χ2n) is 6.77. The van der Waals surface area contributed by atoms with Crippen molar-refractivity contribution < 1.29 is 18.0 Å². The molecule has 0 fully saturated rings. The van der Waals surface area contributed by atoms with Crippen molar-refractivity contribution in [2.45, 2.75) is 37.5 Å². The molecule has 142 valence electrons. The first-order valence-corrected chi connectivity index (χ1v) is 10.3. The first-order chi connectivity index (χ1) is 12.8. The van der Waals surface area contributed by atoms with E-state index in [1.807, 2.05) is 38.1 Å². The van der Waals surface area contributed by atoms with Crippen LogP contribution in [0.2, 0.25) is 0 Å². The number of benzene rings is 2. The fourth-order valence-corrected chi connectivity index (χ4v) is 4.77. The van der Waals surface area contributed by atoms with Gasteiger partial charge in [0.25, 0.3) is 15.9 Å². The highest BCUT2D eigenvalue weighted by atomic mass is 32.2. The number of anilines is 1. The van der Waals surface area contributed by atoms with Crippen LogP contribution in [-0.2, 0) is 14.8 Å². The van der Waals surface area contributed by atoms with Gasteiger partial charge in [0.05, 0.1) is 5.56 Å². The van der Waals surface area contributed by atoms with Crippen LogP contribution in [0.4, 0.5) is 5.69 Å². The molecule has 1 heterocycles. The number of sulfonamides is 1. The van der Waals surface area contributed by atoms with Gasteiger partial charge >= 0.3 is 0 Å². The molecule has 0 aliphatic carbocycles. The molecule has 2 aromatic carbocycles. The van der Waals surface area contributed by atoms with Crippen LogP contribution in [0.15, 0.2) is 53.4 Å². The monoisotopic (exact) mass is 386 g/mol. The quantitative estimate of drug-likeness (QED) is 0.825. The number of fused-ring (bicyclic) bond motifs is 1. The normalized spacial score (nSPS) is 15.1. The molecule has 27 heavy (non-hydrogen) atoms. The first kappa shape index (κ1) is 19.1. The average molecular weight is 386 g/mol. The zero-order valence-corrected chi connectivity index (χ0v) is 16.1. The molecule has 0 atom stereocenters. The first-order valence-electron chi connectivity index (χ1n) is 8.87. The minimum absolute atomic E-state index is 0.0188. The lowest BCUT2D eigenvalue weighted by molar-refractivity contribution is -0.116. The van der Waals surface area contributed by atoms with Crippen molar-refractivity contribution in [3.8, 4) is 0 Å². The van der Waals surface area contributed by atoms with E-state index >= 15 is 0 Å². The van der Waals surface area contributed by atoms with Crippen LogP contribution >= 0.6 is 0 Å². The van der Waals surface area contributed by atoms with Crippen LogP contribution in [0.3, 0.4) is 0 Å². The highest BCUT2D eigenvalue weighted by Gasteiger charge is 2.40. The number of carbonyl (C=O) groups excluding carboxylic acids is 2. The van der Waals surface area contributed by atoms with E-state index in [4.69, 9.17) is 0 Å². The van der Waals surface area contributed by atoms with Gasteiger partial charge < -0.3 is 5.32 Å². The number of para-hydroxylation sites is 1. The second kappa shape index (κ2) is 7.52. The van der Waals surface area contributed by atoms with E-state index in [2.05, 4.69) is 5.32 Å². The zero-order valence-electron chi connectivity index (χ0n) is 15.3. The molecule has 3 rings (SSSR count). The van der Waals surface area contributed by atoms with Crippen LogP contribution in [0.5, 0.6) is 0 Å². The molecule has 7 heteroatoms. The van der Waals surface area contributed by atoms with E-state index in [-0.39, 0.29) is 41.7 Å². The van der Waals surface area contributed by atoms with Gasteiger partial charge in [-0.15, -0.1) is 0 Å². The molecular formula is C20H22N2O4S. The van der Waals surface area contributed by atoms with E-state index in [9.17, 15) is 18.0 Å². The fraction of sp³-hybridized carbons (Fsp3) is 0.300. The summed E-state index contributed by atoms with van der Waals surface area (Å²) in [5, 5.41) is 2.87. The van der Waals surface area contributed by atoms with Crippen molar-refractivity contribution in [1.82, 2.24) is 4.31 Å². The molecule has 2 amide bonds. The van der Waals surface area contributed by atoms with Crippen molar-refractivity contribution in [1.29, 1.82) is 0 Å². The Morgan fingerprint density at radius 3 is 2.44 bits per heavy atom. The second-order valence-corrected chi connectivity index (χ2v) is 8.60. The van der Waals surface area contributed by atoms with Crippen LogP contribution in [0.25, 0.3) is 0 Å². The molecule has 1 N–H and O–H groups in total. The van der Waals surface area contributed by atoms with Crippen LogP contribution < -0.4 is 5.32 Å². The Morgan fingerprint density at radius 1 is 1.07 bits per heavy atom. The van der Waals surface area contributed by atoms with Gasteiger partial charge in [-0.25, -0.2) is 12.7 Å². The smallest absolute Gasteiger partial charge is 0.269 e. The van der Waals surface area contributed by atoms with Gasteiger partial charge in [0.2, 0.25) is 5.91 Å². The van der Waals surface area contributed by atoms with Gasteiger partial charge in [-0.2, -0.15) is 0 Å². The summed E-state index contributed by atoms with van der Waals surface area (Å²) >= 11 is 0. The molecule has 0 aromatic heterocycles. The fourth-order valence-electron chi connectivity index (χ4n) is 3.16. The Labute approximate surface area is 159 Å². The highest BCUT2D eigenvalue weighted by molar-refractivity contribution is 7.90. The summed E-state index contributed by atoms with van der Waals surface area (Å²) in [5.41, 5.74) is 1.99. The van der Waals surface area contributed by atoms with Crippen molar-refractivity contribution in [2.75, 3.05) is 11.9 Å². The Balaban J connectivity index is 1.61. The predicted octanol–water partition coefficient (Wildman–Crippen LogP) is 3.37. The van der Waals surface area contributed by atoms with Gasteiger partial charge in [-0.3, -0.25) is 9.59 Å². The van der Waals surface area contributed by atoms with E-state index in [0.717, 1.165) is 15.6 Å². The van der Waals surface area contributed by atoms with Gasteiger partial charge in [0, 0.05) is 18.7 Å². The molecule has 0 bridgehead atoms. The Hall–Kier alpha value is -2.67. The van der Waals surface area contributed by atoms with Crippen molar-refractivity contribution in [2.24, 2.45) is 0 Å². The Bertz CT molecular complexity index is 983.